The number of fused-ring (bicyclic) bond motifs is 4. The van der Waals surface area contributed by atoms with Crippen molar-refractivity contribution in [1.82, 2.24) is 10.4 Å². The van der Waals surface area contributed by atoms with E-state index in [0.717, 1.165) is 48.7 Å². The molecular weight excluding hydrogens is 372 g/mol. The highest BCUT2D eigenvalue weighted by Crippen LogP contribution is 2.51. The fraction of sp³-hybridized carbons (Fsp3) is 0.308. The smallest absolute Gasteiger partial charge is 0.180 e. The van der Waals surface area contributed by atoms with Crippen LogP contribution in [0.4, 0.5) is 0 Å². The summed E-state index contributed by atoms with van der Waals surface area (Å²) in [6.07, 6.45) is 6.49. The maximum absolute atomic E-state index is 6.75. The summed E-state index contributed by atoms with van der Waals surface area (Å²) in [5, 5.41) is 2.34. The van der Waals surface area contributed by atoms with Crippen molar-refractivity contribution in [2.45, 2.75) is 50.3 Å². The lowest BCUT2D eigenvalue weighted by Gasteiger charge is -2.51. The third kappa shape index (κ3) is 2.78. The second-order valence-corrected chi connectivity index (χ2v) is 8.69. The van der Waals surface area contributed by atoms with Gasteiger partial charge >= 0.3 is 0 Å². The normalized spacial score (nSPS) is 27.7. The van der Waals surface area contributed by atoms with Crippen LogP contribution >= 0.6 is 0 Å². The van der Waals surface area contributed by atoms with Gasteiger partial charge in [-0.2, -0.15) is 5.01 Å². The minimum atomic E-state index is -0.343. The quantitative estimate of drug-likeness (QED) is 0.580. The van der Waals surface area contributed by atoms with E-state index in [-0.39, 0.29) is 11.8 Å². The van der Waals surface area contributed by atoms with Crippen molar-refractivity contribution < 1.29 is 9.15 Å². The Labute approximate surface area is 177 Å². The molecule has 1 atom stereocenters. The van der Waals surface area contributed by atoms with E-state index in [4.69, 9.17) is 9.15 Å². The minimum Gasteiger partial charge on any atom is -0.471 e. The number of hydrogen-bond acceptors (Lipinski definition) is 4. The summed E-state index contributed by atoms with van der Waals surface area (Å²) in [5.41, 5.74) is 6.99. The monoisotopic (exact) mass is 398 g/mol. The van der Waals surface area contributed by atoms with Crippen LogP contribution in [0, 0.1) is 6.92 Å². The molecule has 1 aliphatic carbocycles. The Morgan fingerprint density at radius 1 is 0.933 bits per heavy atom. The number of nitrogens with zero attached hydrogens (tertiary/aromatic N) is 1. The number of ether oxygens (including phenoxy) is 1. The van der Waals surface area contributed by atoms with Crippen LogP contribution in [0.25, 0.3) is 5.70 Å². The number of aryl methyl sites for hydroxylation is 1. The SMILES string of the molecule is Cc1ccc(C2=C[C@H]3c4ccccc4OC4(CCC(c5ccccc5)CC4)N3N2)o1. The molecule has 3 aromatic rings. The van der Waals surface area contributed by atoms with Gasteiger partial charge < -0.3 is 14.6 Å². The second kappa shape index (κ2) is 6.78. The van der Waals surface area contributed by atoms with Crippen molar-refractivity contribution in [2.24, 2.45) is 0 Å². The van der Waals surface area contributed by atoms with E-state index in [0.29, 0.717) is 5.92 Å². The Hall–Kier alpha value is -2.98. The lowest BCUT2D eigenvalue weighted by Crippen LogP contribution is -2.60. The van der Waals surface area contributed by atoms with Crippen LogP contribution in [0.1, 0.15) is 60.3 Å². The van der Waals surface area contributed by atoms with Gasteiger partial charge in [0, 0.05) is 18.4 Å². The molecule has 1 N–H and O–H groups in total. The fourth-order valence-corrected chi connectivity index (χ4v) is 5.31. The van der Waals surface area contributed by atoms with Crippen LogP contribution in [0.5, 0.6) is 5.75 Å². The number of nitrogens with one attached hydrogen (secondary N) is 1. The lowest BCUT2D eigenvalue weighted by molar-refractivity contribution is -0.152. The van der Waals surface area contributed by atoms with Crippen LogP contribution < -0.4 is 10.2 Å². The van der Waals surface area contributed by atoms with Gasteiger partial charge in [0.15, 0.2) is 11.5 Å². The Balaban J connectivity index is 1.33. The molecule has 4 nitrogen and oxygen atoms in total. The first-order valence-corrected chi connectivity index (χ1v) is 10.9. The van der Waals surface area contributed by atoms with E-state index in [9.17, 15) is 0 Å². The van der Waals surface area contributed by atoms with Gasteiger partial charge in [-0.05, 0) is 55.5 Å². The molecule has 1 spiro atoms. The molecule has 0 saturated heterocycles. The molecule has 0 radical (unpaired) electrons. The number of hydrazine groups is 1. The largest absolute Gasteiger partial charge is 0.471 e. The molecule has 2 aliphatic heterocycles. The second-order valence-electron chi connectivity index (χ2n) is 8.69. The van der Waals surface area contributed by atoms with Crippen molar-refractivity contribution in [3.8, 4) is 5.75 Å². The van der Waals surface area contributed by atoms with Gasteiger partial charge in [-0.1, -0.05) is 48.5 Å². The van der Waals surface area contributed by atoms with Gasteiger partial charge in [0.25, 0.3) is 0 Å². The Morgan fingerprint density at radius 2 is 1.70 bits per heavy atom. The zero-order valence-corrected chi connectivity index (χ0v) is 17.2. The number of hydrogen-bond donors (Lipinski definition) is 1. The third-order valence-electron chi connectivity index (χ3n) is 6.86. The molecule has 2 aromatic carbocycles. The van der Waals surface area contributed by atoms with Crippen LogP contribution in [0.15, 0.2) is 77.2 Å². The first-order chi connectivity index (χ1) is 14.7. The van der Waals surface area contributed by atoms with Gasteiger partial charge in [-0.25, -0.2) is 0 Å². The zero-order chi connectivity index (χ0) is 20.1. The van der Waals surface area contributed by atoms with Gasteiger partial charge in [-0.15, -0.1) is 0 Å². The summed E-state index contributed by atoms with van der Waals surface area (Å²) in [7, 11) is 0. The Morgan fingerprint density at radius 3 is 2.47 bits per heavy atom. The first-order valence-electron chi connectivity index (χ1n) is 10.9. The van der Waals surface area contributed by atoms with Gasteiger partial charge in [-0.3, -0.25) is 0 Å². The highest BCUT2D eigenvalue weighted by molar-refractivity contribution is 5.64. The van der Waals surface area contributed by atoms with Crippen molar-refractivity contribution in [3.05, 3.63) is 95.5 Å². The number of benzene rings is 2. The molecule has 0 unspecified atom stereocenters. The summed E-state index contributed by atoms with van der Waals surface area (Å²) >= 11 is 0. The van der Waals surface area contributed by atoms with E-state index in [1.165, 1.54) is 11.1 Å². The third-order valence-corrected chi connectivity index (χ3v) is 6.86. The van der Waals surface area contributed by atoms with E-state index in [1.807, 2.05) is 19.1 Å². The maximum atomic E-state index is 6.75. The first kappa shape index (κ1) is 17.8. The van der Waals surface area contributed by atoms with E-state index in [1.54, 1.807) is 0 Å². The molecular formula is C26H26N2O2. The topological polar surface area (TPSA) is 37.6 Å². The van der Waals surface area contributed by atoms with Crippen molar-refractivity contribution >= 4 is 5.70 Å². The van der Waals surface area contributed by atoms with E-state index >= 15 is 0 Å². The summed E-state index contributed by atoms with van der Waals surface area (Å²) in [6.45, 7) is 1.98. The number of rotatable bonds is 2. The molecule has 152 valence electrons. The minimum absolute atomic E-state index is 0.142. The summed E-state index contributed by atoms with van der Waals surface area (Å²) < 4.78 is 12.7. The Bertz CT molecular complexity index is 1090. The predicted molar refractivity (Wildman–Crippen MR) is 117 cm³/mol. The van der Waals surface area contributed by atoms with Gasteiger partial charge in [0.1, 0.15) is 11.5 Å². The zero-order valence-electron chi connectivity index (χ0n) is 17.2. The predicted octanol–water partition coefficient (Wildman–Crippen LogP) is 5.94. The van der Waals surface area contributed by atoms with Crippen molar-refractivity contribution in [2.75, 3.05) is 0 Å². The molecule has 1 fully saturated rings. The average Bonchev–Trinajstić information content (AvgIpc) is 3.42. The molecule has 4 heteroatoms. The lowest BCUT2D eigenvalue weighted by atomic mass is 9.78. The number of para-hydroxylation sites is 1. The van der Waals surface area contributed by atoms with Crippen molar-refractivity contribution in [3.63, 3.8) is 0 Å². The van der Waals surface area contributed by atoms with Crippen LogP contribution in [0.3, 0.4) is 0 Å². The summed E-state index contributed by atoms with van der Waals surface area (Å²) in [4.78, 5) is 0. The van der Waals surface area contributed by atoms with E-state index in [2.05, 4.69) is 71.1 Å². The fourth-order valence-electron chi connectivity index (χ4n) is 5.31. The Kier molecular flexibility index (Phi) is 4.03. The standard InChI is InChI=1S/C26H26N2O2/c1-18-11-12-25(29-18)22-17-23-21-9-5-6-10-24(21)30-26(28(23)27-22)15-13-20(14-16-26)19-7-3-2-4-8-19/h2-12,17,20,23,27H,13-16H2,1H3/t20?,23-,26?/m0/s1. The maximum Gasteiger partial charge on any atom is 0.180 e. The molecule has 30 heavy (non-hydrogen) atoms. The molecule has 3 heterocycles. The van der Waals surface area contributed by atoms with Crippen LogP contribution in [0.2, 0.25) is 0 Å². The van der Waals surface area contributed by atoms with Crippen LogP contribution in [-0.2, 0) is 0 Å². The van der Waals surface area contributed by atoms with Crippen LogP contribution in [-0.4, -0.2) is 10.7 Å². The highest BCUT2D eigenvalue weighted by Gasteiger charge is 2.51. The molecule has 1 aromatic heterocycles. The summed E-state index contributed by atoms with van der Waals surface area (Å²) in [6, 6.07) is 23.5. The molecule has 0 amide bonds. The summed E-state index contributed by atoms with van der Waals surface area (Å²) in [5.74, 6) is 3.41. The van der Waals surface area contributed by atoms with Gasteiger partial charge in [0.05, 0.1) is 11.7 Å². The molecule has 6 rings (SSSR count). The van der Waals surface area contributed by atoms with Crippen molar-refractivity contribution in [1.29, 1.82) is 0 Å². The van der Waals surface area contributed by atoms with Gasteiger partial charge in [0.2, 0.25) is 0 Å². The molecule has 0 bridgehead atoms. The molecule has 3 aliphatic rings. The van der Waals surface area contributed by atoms with E-state index < -0.39 is 0 Å². The molecule has 1 saturated carbocycles. The number of furan rings is 1. The average molecular weight is 399 g/mol. The highest BCUT2D eigenvalue weighted by atomic mass is 16.5.